The fraction of sp³-hybridized carbons (Fsp3) is 0.0714. The minimum atomic E-state index is -4.48. The monoisotopic (exact) mass is 356 g/mol. The Kier molecular flexibility index (Phi) is 3.16. The minimum absolute atomic E-state index is 0.109. The highest BCUT2D eigenvalue weighted by atomic mass is 79.9. The standard InChI is InChI=1S/C14H8BrF3N2O/c15-7-5-10(19)12-11(6-7)20-13(21-12)8-3-1-2-4-9(8)14(16,17)18/h1-6H,19H2. The fourth-order valence-corrected chi connectivity index (χ4v) is 2.52. The Morgan fingerprint density at radius 1 is 1.14 bits per heavy atom. The first-order chi connectivity index (χ1) is 9.86. The molecule has 1 heterocycles. The highest BCUT2D eigenvalue weighted by molar-refractivity contribution is 9.10. The molecule has 0 amide bonds. The molecule has 0 aliphatic carbocycles. The molecule has 0 spiro atoms. The van der Waals surface area contributed by atoms with Crippen molar-refractivity contribution in [3.05, 3.63) is 46.4 Å². The molecule has 0 atom stereocenters. The summed E-state index contributed by atoms with van der Waals surface area (Å²) in [7, 11) is 0. The topological polar surface area (TPSA) is 52.0 Å². The van der Waals surface area contributed by atoms with Gasteiger partial charge in [0.25, 0.3) is 0 Å². The Morgan fingerprint density at radius 3 is 2.57 bits per heavy atom. The molecule has 0 aliphatic rings. The molecule has 3 aromatic rings. The maximum absolute atomic E-state index is 13.0. The van der Waals surface area contributed by atoms with Gasteiger partial charge < -0.3 is 10.2 Å². The van der Waals surface area contributed by atoms with E-state index in [9.17, 15) is 13.2 Å². The van der Waals surface area contributed by atoms with Crippen molar-refractivity contribution in [3.8, 4) is 11.5 Å². The average Bonchev–Trinajstić information content (AvgIpc) is 2.81. The number of hydrogen-bond acceptors (Lipinski definition) is 3. The number of hydrogen-bond donors (Lipinski definition) is 1. The van der Waals surface area contributed by atoms with Crippen molar-refractivity contribution >= 4 is 32.7 Å². The average molecular weight is 357 g/mol. The molecule has 0 saturated heterocycles. The molecule has 3 nitrogen and oxygen atoms in total. The van der Waals surface area contributed by atoms with E-state index >= 15 is 0 Å². The number of fused-ring (bicyclic) bond motifs is 1. The number of oxazole rings is 1. The predicted molar refractivity (Wildman–Crippen MR) is 76.6 cm³/mol. The van der Waals surface area contributed by atoms with Crippen molar-refractivity contribution in [2.45, 2.75) is 6.18 Å². The van der Waals surface area contributed by atoms with Crippen molar-refractivity contribution in [2.75, 3.05) is 5.73 Å². The maximum atomic E-state index is 13.0. The summed E-state index contributed by atoms with van der Waals surface area (Å²) >= 11 is 3.25. The Bertz CT molecular complexity index is 827. The predicted octanol–water partition coefficient (Wildman–Crippen LogP) is 4.86. The number of nitrogen functional groups attached to an aromatic ring is 1. The van der Waals surface area contributed by atoms with Crippen LogP contribution in [0.4, 0.5) is 18.9 Å². The van der Waals surface area contributed by atoms with Gasteiger partial charge in [0.1, 0.15) is 5.52 Å². The molecular formula is C14H8BrF3N2O. The fourth-order valence-electron chi connectivity index (χ4n) is 2.05. The Hall–Kier alpha value is -2.02. The smallest absolute Gasteiger partial charge is 0.417 e. The first-order valence-electron chi connectivity index (χ1n) is 5.88. The lowest BCUT2D eigenvalue weighted by Gasteiger charge is -2.09. The lowest BCUT2D eigenvalue weighted by molar-refractivity contribution is -0.137. The van der Waals surface area contributed by atoms with Crippen LogP contribution in [0.3, 0.4) is 0 Å². The van der Waals surface area contributed by atoms with Gasteiger partial charge in [0.05, 0.1) is 11.3 Å². The molecule has 108 valence electrons. The van der Waals surface area contributed by atoms with Gasteiger partial charge >= 0.3 is 6.18 Å². The zero-order valence-corrected chi connectivity index (χ0v) is 12.0. The van der Waals surface area contributed by atoms with E-state index in [0.29, 0.717) is 15.7 Å². The van der Waals surface area contributed by atoms with Crippen molar-refractivity contribution in [1.82, 2.24) is 4.98 Å². The first kappa shape index (κ1) is 13.9. The maximum Gasteiger partial charge on any atom is 0.417 e. The third kappa shape index (κ3) is 2.49. The zero-order chi connectivity index (χ0) is 15.2. The number of rotatable bonds is 1. The van der Waals surface area contributed by atoms with E-state index in [2.05, 4.69) is 20.9 Å². The largest absolute Gasteiger partial charge is 0.434 e. The lowest BCUT2D eigenvalue weighted by atomic mass is 10.1. The van der Waals surface area contributed by atoms with Crippen molar-refractivity contribution in [3.63, 3.8) is 0 Å². The second-order valence-corrected chi connectivity index (χ2v) is 5.32. The Labute approximate surface area is 125 Å². The molecule has 0 radical (unpaired) electrons. The second kappa shape index (κ2) is 4.77. The van der Waals surface area contributed by atoms with Gasteiger partial charge in [-0.1, -0.05) is 28.1 Å². The minimum Gasteiger partial charge on any atom is -0.434 e. The molecule has 0 fully saturated rings. The van der Waals surface area contributed by atoms with Crippen LogP contribution in [0.2, 0.25) is 0 Å². The number of alkyl halides is 3. The number of aromatic nitrogens is 1. The van der Waals surface area contributed by atoms with Crippen molar-refractivity contribution in [2.24, 2.45) is 0 Å². The van der Waals surface area contributed by atoms with Crippen molar-refractivity contribution < 1.29 is 17.6 Å². The third-order valence-electron chi connectivity index (χ3n) is 2.95. The van der Waals surface area contributed by atoms with Crippen LogP contribution in [0.1, 0.15) is 5.56 Å². The van der Waals surface area contributed by atoms with Gasteiger partial charge in [-0.3, -0.25) is 0 Å². The van der Waals surface area contributed by atoms with Gasteiger partial charge in [0, 0.05) is 10.0 Å². The molecule has 0 aliphatic heterocycles. The second-order valence-electron chi connectivity index (χ2n) is 4.41. The molecule has 0 bridgehead atoms. The molecule has 2 N–H and O–H groups in total. The third-order valence-corrected chi connectivity index (χ3v) is 3.40. The number of anilines is 1. The van der Waals surface area contributed by atoms with Gasteiger partial charge in [-0.15, -0.1) is 0 Å². The van der Waals surface area contributed by atoms with E-state index in [1.165, 1.54) is 18.2 Å². The van der Waals surface area contributed by atoms with Gasteiger partial charge in [-0.2, -0.15) is 13.2 Å². The molecule has 0 unspecified atom stereocenters. The number of halogens is 4. The summed E-state index contributed by atoms with van der Waals surface area (Å²) in [4.78, 5) is 4.10. The summed E-state index contributed by atoms with van der Waals surface area (Å²) < 4.78 is 45.2. The van der Waals surface area contributed by atoms with Gasteiger partial charge in [0.15, 0.2) is 5.58 Å². The summed E-state index contributed by atoms with van der Waals surface area (Å²) in [5.74, 6) is -0.109. The molecule has 21 heavy (non-hydrogen) atoms. The Morgan fingerprint density at radius 2 is 1.86 bits per heavy atom. The van der Waals surface area contributed by atoms with Gasteiger partial charge in [-0.05, 0) is 24.3 Å². The van der Waals surface area contributed by atoms with E-state index in [4.69, 9.17) is 10.2 Å². The Balaban J connectivity index is 2.25. The summed E-state index contributed by atoms with van der Waals surface area (Å²) in [6, 6.07) is 8.36. The zero-order valence-electron chi connectivity index (χ0n) is 10.4. The van der Waals surface area contributed by atoms with Gasteiger partial charge in [0.2, 0.25) is 5.89 Å². The molecule has 0 saturated carbocycles. The van der Waals surface area contributed by atoms with Gasteiger partial charge in [-0.25, -0.2) is 4.98 Å². The van der Waals surface area contributed by atoms with Crippen LogP contribution in [0.25, 0.3) is 22.6 Å². The van der Waals surface area contributed by atoms with Crippen LogP contribution in [0.5, 0.6) is 0 Å². The van der Waals surface area contributed by atoms with Crippen LogP contribution in [-0.2, 0) is 6.18 Å². The number of benzene rings is 2. The van der Waals surface area contributed by atoms with E-state index in [1.54, 1.807) is 12.1 Å². The highest BCUT2D eigenvalue weighted by Crippen LogP contribution is 2.38. The summed E-state index contributed by atoms with van der Waals surface area (Å²) in [5, 5.41) is 0. The SMILES string of the molecule is Nc1cc(Br)cc2nc(-c3ccccc3C(F)(F)F)oc12. The van der Waals surface area contributed by atoms with E-state index in [0.717, 1.165) is 6.07 Å². The summed E-state index contributed by atoms with van der Waals surface area (Å²) in [6.07, 6.45) is -4.48. The summed E-state index contributed by atoms with van der Waals surface area (Å²) in [6.45, 7) is 0. The van der Waals surface area contributed by atoms with E-state index in [1.807, 2.05) is 0 Å². The molecule has 2 aromatic carbocycles. The number of nitrogens with zero attached hydrogens (tertiary/aromatic N) is 1. The first-order valence-corrected chi connectivity index (χ1v) is 6.68. The molecular weight excluding hydrogens is 349 g/mol. The lowest BCUT2D eigenvalue weighted by Crippen LogP contribution is -2.06. The van der Waals surface area contributed by atoms with Crippen molar-refractivity contribution in [1.29, 1.82) is 0 Å². The molecule has 3 rings (SSSR count). The van der Waals surface area contributed by atoms with Crippen LogP contribution < -0.4 is 5.73 Å². The molecule has 7 heteroatoms. The quantitative estimate of drug-likeness (QED) is 0.633. The van der Waals surface area contributed by atoms with E-state index in [-0.39, 0.29) is 17.0 Å². The number of nitrogens with two attached hydrogens (primary N) is 1. The molecule has 1 aromatic heterocycles. The van der Waals surface area contributed by atoms with Crippen LogP contribution in [0.15, 0.2) is 45.3 Å². The normalized spacial score (nSPS) is 12.0. The van der Waals surface area contributed by atoms with Crippen LogP contribution in [-0.4, -0.2) is 4.98 Å². The van der Waals surface area contributed by atoms with Crippen LogP contribution >= 0.6 is 15.9 Å². The van der Waals surface area contributed by atoms with E-state index < -0.39 is 11.7 Å². The van der Waals surface area contributed by atoms with Crippen LogP contribution in [0, 0.1) is 0 Å². The highest BCUT2D eigenvalue weighted by Gasteiger charge is 2.34. The summed E-state index contributed by atoms with van der Waals surface area (Å²) in [5.41, 5.74) is 5.85.